The zero-order valence-electron chi connectivity index (χ0n) is 13.3. The van der Waals surface area contributed by atoms with E-state index in [1.54, 1.807) is 11.3 Å². The van der Waals surface area contributed by atoms with Gasteiger partial charge in [0.1, 0.15) is 10.6 Å². The van der Waals surface area contributed by atoms with Crippen LogP contribution in [0, 0.1) is 5.92 Å². The van der Waals surface area contributed by atoms with Crippen molar-refractivity contribution in [2.75, 3.05) is 18.0 Å². The van der Waals surface area contributed by atoms with Gasteiger partial charge in [0.2, 0.25) is 5.28 Å². The molecule has 1 aromatic carbocycles. The molecule has 2 aromatic heterocycles. The van der Waals surface area contributed by atoms with E-state index in [0.29, 0.717) is 11.2 Å². The first kappa shape index (κ1) is 16.1. The Kier molecular flexibility index (Phi) is 4.37. The van der Waals surface area contributed by atoms with Crippen molar-refractivity contribution >= 4 is 50.6 Å². The van der Waals surface area contributed by atoms with E-state index in [4.69, 9.17) is 23.2 Å². The van der Waals surface area contributed by atoms with Gasteiger partial charge in [-0.05, 0) is 48.1 Å². The monoisotopic (exact) mass is 377 g/mol. The number of rotatable bonds is 2. The van der Waals surface area contributed by atoms with Gasteiger partial charge in [0.25, 0.3) is 0 Å². The number of piperidine rings is 1. The Hall–Kier alpha value is -1.36. The van der Waals surface area contributed by atoms with Gasteiger partial charge in [-0.3, -0.25) is 0 Å². The predicted molar refractivity (Wildman–Crippen MR) is 103 cm³/mol. The highest BCUT2D eigenvalue weighted by Crippen LogP contribution is 2.40. The Balaban J connectivity index is 1.89. The minimum absolute atomic E-state index is 0.320. The number of halogens is 2. The zero-order valence-corrected chi connectivity index (χ0v) is 15.6. The van der Waals surface area contributed by atoms with Crippen LogP contribution in [0.5, 0.6) is 0 Å². The highest BCUT2D eigenvalue weighted by molar-refractivity contribution is 7.17. The normalized spacial score (nSPS) is 18.3. The summed E-state index contributed by atoms with van der Waals surface area (Å²) < 4.78 is 0. The second kappa shape index (κ2) is 6.51. The summed E-state index contributed by atoms with van der Waals surface area (Å²) in [6, 6.07) is 7.92. The summed E-state index contributed by atoms with van der Waals surface area (Å²) in [7, 11) is 0. The number of fused-ring (bicyclic) bond motifs is 1. The molecule has 124 valence electrons. The summed E-state index contributed by atoms with van der Waals surface area (Å²) in [5, 5.41) is 4.29. The van der Waals surface area contributed by atoms with E-state index in [2.05, 4.69) is 27.2 Å². The molecule has 0 aliphatic carbocycles. The van der Waals surface area contributed by atoms with Crippen LogP contribution in [0.4, 0.5) is 5.82 Å². The van der Waals surface area contributed by atoms with Crippen LogP contribution in [0.15, 0.2) is 29.6 Å². The van der Waals surface area contributed by atoms with Crippen molar-refractivity contribution in [1.29, 1.82) is 0 Å². The van der Waals surface area contributed by atoms with Crippen molar-refractivity contribution in [1.82, 2.24) is 9.97 Å². The van der Waals surface area contributed by atoms with Crippen LogP contribution >= 0.6 is 34.5 Å². The molecule has 3 aromatic rings. The van der Waals surface area contributed by atoms with E-state index in [-0.39, 0.29) is 0 Å². The van der Waals surface area contributed by atoms with Gasteiger partial charge >= 0.3 is 0 Å². The summed E-state index contributed by atoms with van der Waals surface area (Å²) in [4.78, 5) is 12.3. The third kappa shape index (κ3) is 2.99. The van der Waals surface area contributed by atoms with Crippen molar-refractivity contribution in [2.24, 2.45) is 5.92 Å². The molecule has 3 nitrogen and oxygen atoms in total. The molecule has 1 aliphatic rings. The third-order valence-electron chi connectivity index (χ3n) is 4.50. The average molecular weight is 378 g/mol. The summed E-state index contributed by atoms with van der Waals surface area (Å²) in [5.74, 6) is 1.63. The van der Waals surface area contributed by atoms with Crippen LogP contribution in [0.25, 0.3) is 21.3 Å². The molecule has 1 unspecified atom stereocenters. The van der Waals surface area contributed by atoms with Crippen LogP contribution in [0.2, 0.25) is 10.3 Å². The maximum absolute atomic E-state index is 6.20. The van der Waals surface area contributed by atoms with E-state index in [0.717, 1.165) is 45.3 Å². The van der Waals surface area contributed by atoms with Crippen LogP contribution in [0.3, 0.4) is 0 Å². The van der Waals surface area contributed by atoms with Gasteiger partial charge in [-0.2, -0.15) is 4.98 Å². The first-order valence-corrected chi connectivity index (χ1v) is 9.71. The van der Waals surface area contributed by atoms with Crippen LogP contribution < -0.4 is 4.90 Å². The van der Waals surface area contributed by atoms with Crippen molar-refractivity contribution < 1.29 is 0 Å². The predicted octanol–water partition coefficient (Wildman–Crippen LogP) is 5.90. The number of aromatic nitrogens is 2. The molecule has 0 radical (unpaired) electrons. The number of thiophene rings is 1. The van der Waals surface area contributed by atoms with Crippen LogP contribution in [-0.2, 0) is 0 Å². The molecule has 1 aliphatic heterocycles. The average Bonchev–Trinajstić information content (AvgIpc) is 2.98. The fourth-order valence-corrected chi connectivity index (χ4v) is 4.63. The first-order valence-electron chi connectivity index (χ1n) is 8.07. The summed E-state index contributed by atoms with van der Waals surface area (Å²) in [6.45, 7) is 4.32. The Morgan fingerprint density at radius 3 is 2.71 bits per heavy atom. The van der Waals surface area contributed by atoms with Crippen molar-refractivity contribution in [3.8, 4) is 11.1 Å². The Bertz CT molecular complexity index is 876. The topological polar surface area (TPSA) is 29.0 Å². The number of nitrogens with zero attached hydrogens (tertiary/aromatic N) is 3. The second-order valence-electron chi connectivity index (χ2n) is 6.35. The SMILES string of the molecule is CC1CCCN(c2nc(Cl)nc3scc(-c4ccc(Cl)cc4)c23)C1. The largest absolute Gasteiger partial charge is 0.356 e. The highest BCUT2D eigenvalue weighted by Gasteiger charge is 2.23. The molecular weight excluding hydrogens is 361 g/mol. The molecule has 24 heavy (non-hydrogen) atoms. The van der Waals surface area contributed by atoms with Gasteiger partial charge in [-0.15, -0.1) is 11.3 Å². The number of hydrogen-bond donors (Lipinski definition) is 0. The lowest BCUT2D eigenvalue weighted by Gasteiger charge is -2.32. The molecule has 4 rings (SSSR count). The fraction of sp³-hybridized carbons (Fsp3) is 0.333. The van der Waals surface area contributed by atoms with Gasteiger partial charge in [0, 0.05) is 29.1 Å². The lowest BCUT2D eigenvalue weighted by Crippen LogP contribution is -2.35. The smallest absolute Gasteiger partial charge is 0.225 e. The minimum atomic E-state index is 0.320. The molecule has 0 N–H and O–H groups in total. The molecular formula is C18H17Cl2N3S. The van der Waals surface area contributed by atoms with Gasteiger partial charge in [-0.1, -0.05) is 30.7 Å². The summed E-state index contributed by atoms with van der Waals surface area (Å²) in [5.41, 5.74) is 2.28. The third-order valence-corrected chi connectivity index (χ3v) is 5.79. The quantitative estimate of drug-likeness (QED) is 0.520. The molecule has 0 spiro atoms. The minimum Gasteiger partial charge on any atom is -0.356 e. The molecule has 0 bridgehead atoms. The van der Waals surface area contributed by atoms with Crippen molar-refractivity contribution in [3.05, 3.63) is 40.0 Å². The van der Waals surface area contributed by atoms with E-state index < -0.39 is 0 Å². The number of benzene rings is 1. The van der Waals surface area contributed by atoms with E-state index in [9.17, 15) is 0 Å². The van der Waals surface area contributed by atoms with E-state index in [1.165, 1.54) is 12.8 Å². The molecule has 3 heterocycles. The molecule has 0 saturated carbocycles. The second-order valence-corrected chi connectivity index (χ2v) is 7.98. The first-order chi connectivity index (χ1) is 11.6. The van der Waals surface area contributed by atoms with Gasteiger partial charge in [-0.25, -0.2) is 4.98 Å². The van der Waals surface area contributed by atoms with Crippen molar-refractivity contribution in [3.63, 3.8) is 0 Å². The molecule has 6 heteroatoms. The van der Waals surface area contributed by atoms with Crippen LogP contribution in [-0.4, -0.2) is 23.1 Å². The Morgan fingerprint density at radius 1 is 1.17 bits per heavy atom. The Morgan fingerprint density at radius 2 is 1.96 bits per heavy atom. The summed E-state index contributed by atoms with van der Waals surface area (Å²) >= 11 is 13.8. The zero-order chi connectivity index (χ0) is 16.7. The lowest BCUT2D eigenvalue weighted by atomic mass is 9.99. The number of hydrogen-bond acceptors (Lipinski definition) is 4. The van der Waals surface area contributed by atoms with Crippen molar-refractivity contribution in [2.45, 2.75) is 19.8 Å². The molecule has 1 saturated heterocycles. The van der Waals surface area contributed by atoms with Crippen LogP contribution in [0.1, 0.15) is 19.8 Å². The molecule has 1 atom stereocenters. The fourth-order valence-electron chi connectivity index (χ4n) is 3.35. The standard InChI is InChI=1S/C18H17Cl2N3S/c1-11-3-2-8-23(9-11)16-15-14(12-4-6-13(19)7-5-12)10-24-17(15)22-18(20)21-16/h4-7,10-11H,2-3,8-9H2,1H3. The molecule has 1 fully saturated rings. The highest BCUT2D eigenvalue weighted by atomic mass is 35.5. The van der Waals surface area contributed by atoms with Gasteiger partial charge < -0.3 is 4.90 Å². The van der Waals surface area contributed by atoms with E-state index >= 15 is 0 Å². The number of anilines is 1. The van der Waals surface area contributed by atoms with Gasteiger partial charge in [0.15, 0.2) is 0 Å². The maximum atomic E-state index is 6.20. The van der Waals surface area contributed by atoms with E-state index in [1.807, 2.05) is 24.3 Å². The summed E-state index contributed by atoms with van der Waals surface area (Å²) in [6.07, 6.45) is 2.46. The van der Waals surface area contributed by atoms with Gasteiger partial charge in [0.05, 0.1) is 5.39 Å². The lowest BCUT2D eigenvalue weighted by molar-refractivity contribution is 0.445. The maximum Gasteiger partial charge on any atom is 0.225 e. The molecule has 0 amide bonds. The Labute approximate surface area is 155 Å².